The normalized spacial score (nSPS) is 53.1. The third-order valence-corrected chi connectivity index (χ3v) is 5.64. The predicted molar refractivity (Wildman–Crippen MR) is 83.0 cm³/mol. The van der Waals surface area contributed by atoms with Crippen LogP contribution in [-0.2, 0) is 16.6 Å². The lowest BCUT2D eigenvalue weighted by Gasteiger charge is -2.62. The van der Waals surface area contributed by atoms with Crippen molar-refractivity contribution in [3.05, 3.63) is 23.2 Å². The van der Waals surface area contributed by atoms with E-state index in [0.29, 0.717) is 0 Å². The van der Waals surface area contributed by atoms with E-state index in [1.807, 2.05) is 0 Å². The van der Waals surface area contributed by atoms with Crippen LogP contribution in [0.5, 0.6) is 11.5 Å². The number of piperidine rings is 1. The fraction of sp³-hybridized carbons (Fsp3) is 0.611. The minimum absolute atomic E-state index is 0.0902. The van der Waals surface area contributed by atoms with Crippen LogP contribution in [-0.4, -0.2) is 55.6 Å². The third-order valence-electron chi connectivity index (χ3n) is 5.64. The van der Waals surface area contributed by atoms with Gasteiger partial charge in [-0.3, -0.25) is 4.79 Å². The van der Waals surface area contributed by atoms with Gasteiger partial charge in [0.15, 0.2) is 23.4 Å². The highest BCUT2D eigenvalue weighted by molar-refractivity contribution is 5.90. The Bertz CT molecular complexity index is 1050. The van der Waals surface area contributed by atoms with Crippen molar-refractivity contribution in [1.82, 2.24) is 4.90 Å². The molecule has 5 rings (SSSR count). The Hall–Kier alpha value is -1.59. The predicted octanol–water partition coefficient (Wildman–Crippen LogP) is 1.05. The Kier molecular flexibility index (Phi) is 1.42. The Morgan fingerprint density at radius 3 is 3.26 bits per heavy atom. The summed E-state index contributed by atoms with van der Waals surface area (Å²) in [4.78, 5) is 14.6. The monoisotopic (exact) mass is 323 g/mol. The molecule has 4 aliphatic rings. The quantitative estimate of drug-likeness (QED) is 0.881. The summed E-state index contributed by atoms with van der Waals surface area (Å²) >= 11 is 0. The Labute approximate surface area is 146 Å². The number of likely N-dealkylation sites (N-methyl/N-ethyl adjacent to an activating group) is 1. The van der Waals surface area contributed by atoms with Gasteiger partial charge in [0.05, 0.1) is 22.2 Å². The van der Waals surface area contributed by atoms with Gasteiger partial charge in [-0.25, -0.2) is 0 Å². The molecule has 1 spiro atoms. The lowest BCUT2D eigenvalue weighted by Crippen LogP contribution is -2.76. The summed E-state index contributed by atoms with van der Waals surface area (Å²) in [6.45, 7) is 0.154. The molecule has 5 nitrogen and oxygen atoms in total. The number of Topliss-reactive ketones (excluding diaryl/α,β-unsaturated/α-hetero) is 1. The number of carbonyl (C=O) groups is 1. The number of rotatable bonds is 2. The highest BCUT2D eigenvalue weighted by Gasteiger charge is 2.72. The summed E-state index contributed by atoms with van der Waals surface area (Å²) in [5.41, 5.74) is -3.87. The van der Waals surface area contributed by atoms with E-state index in [1.165, 1.54) is 19.1 Å². The summed E-state index contributed by atoms with van der Waals surface area (Å²) in [5, 5.41) is 5.20. The zero-order chi connectivity index (χ0) is 22.9. The molecular weight excluding hydrogens is 294 g/mol. The SMILES string of the molecule is [2H]O[C@@]12CC([2H])([2H])C(=O)C3Oc4c(OC)c([2H])c([2H])c5c4[C@@]31CCN(C)[C@]2([2H])C5([2H])[2H]. The van der Waals surface area contributed by atoms with Crippen LogP contribution in [0, 0.1) is 0 Å². The van der Waals surface area contributed by atoms with Gasteiger partial charge >= 0.3 is 0 Å². The molecule has 0 radical (unpaired) electrons. The number of hydrogen-bond donors (Lipinski definition) is 1. The minimum Gasteiger partial charge on any atom is -0.493 e. The molecule has 5 heteroatoms. The largest absolute Gasteiger partial charge is 0.493 e. The van der Waals surface area contributed by atoms with Crippen molar-refractivity contribution in [2.75, 3.05) is 20.7 Å². The maximum Gasteiger partial charge on any atom is 0.211 e. The second kappa shape index (κ2) is 4.08. The van der Waals surface area contributed by atoms with Gasteiger partial charge in [-0.05, 0) is 44.4 Å². The third kappa shape index (κ3) is 1.32. The first-order chi connectivity index (χ1) is 14.3. The second-order valence-electron chi connectivity index (χ2n) is 6.52. The summed E-state index contributed by atoms with van der Waals surface area (Å²) in [6, 6.07) is -3.31. The lowest BCUT2D eigenvalue weighted by atomic mass is 9.49. The van der Waals surface area contributed by atoms with Crippen LogP contribution in [0.1, 0.15) is 39.9 Å². The van der Waals surface area contributed by atoms with E-state index >= 15 is 0 Å². The summed E-state index contributed by atoms with van der Waals surface area (Å²) in [7, 11) is 2.74. The smallest absolute Gasteiger partial charge is 0.211 e. The van der Waals surface area contributed by atoms with Crippen LogP contribution in [0.25, 0.3) is 0 Å². The van der Waals surface area contributed by atoms with Gasteiger partial charge in [-0.2, -0.15) is 0 Å². The molecule has 122 valence electrons. The van der Waals surface area contributed by atoms with E-state index in [-0.39, 0.29) is 35.6 Å². The maximum atomic E-state index is 13.2. The number of ether oxygens (including phenoxy) is 2. The van der Waals surface area contributed by atoms with Crippen molar-refractivity contribution in [2.24, 2.45) is 0 Å². The van der Waals surface area contributed by atoms with E-state index in [4.69, 9.17) is 24.2 Å². The van der Waals surface area contributed by atoms with Gasteiger partial charge in [-0.15, -0.1) is 0 Å². The molecule has 4 atom stereocenters. The fourth-order valence-corrected chi connectivity index (χ4v) is 4.58. The highest BCUT2D eigenvalue weighted by atomic mass is 16.5. The van der Waals surface area contributed by atoms with Crippen LogP contribution < -0.4 is 9.47 Å². The number of hydrogen-bond acceptors (Lipinski definition) is 5. The van der Waals surface area contributed by atoms with Crippen molar-refractivity contribution >= 4 is 5.78 Å². The summed E-state index contributed by atoms with van der Waals surface area (Å²) < 4.78 is 80.2. The number of likely N-dealkylation sites (tertiary alicyclic amines) is 1. The molecule has 2 aliphatic heterocycles. The van der Waals surface area contributed by atoms with Gasteiger partial charge < -0.3 is 19.5 Å². The molecule has 2 fully saturated rings. The number of nitrogens with zero attached hydrogens (tertiary/aromatic N) is 1. The molecule has 0 aromatic heterocycles. The van der Waals surface area contributed by atoms with Crippen molar-refractivity contribution < 1.29 is 29.0 Å². The first-order valence-corrected chi connectivity index (χ1v) is 7.59. The molecule has 1 aromatic carbocycles. The Morgan fingerprint density at radius 2 is 2.48 bits per heavy atom. The van der Waals surface area contributed by atoms with E-state index < -0.39 is 60.2 Å². The van der Waals surface area contributed by atoms with Crippen LogP contribution in [0.4, 0.5) is 0 Å². The van der Waals surface area contributed by atoms with Gasteiger partial charge in [0, 0.05) is 23.4 Å². The zero-order valence-corrected chi connectivity index (χ0v) is 12.8. The molecule has 1 saturated heterocycles. The van der Waals surface area contributed by atoms with E-state index in [1.54, 1.807) is 0 Å². The minimum atomic E-state index is -2.66. The number of methoxy groups -OCH3 is 1. The van der Waals surface area contributed by atoms with Gasteiger partial charge in [-0.1, -0.05) is 6.04 Å². The summed E-state index contributed by atoms with van der Waals surface area (Å²) in [6.07, 6.45) is -7.31. The standard InChI is InChI=1S/C18H21NO4/c1-19-8-7-17-14-10-3-4-12(22-2)15(14)23-16(17)11(20)5-6-18(17,21)13(19)9-10/h3-4,13,16,21H,5-9H2,1-2H3/t13-,16?,17+,18-/m1/s1/i3D,4D,5D2,9D2,13D,21D. The van der Waals surface area contributed by atoms with Crippen LogP contribution in [0.3, 0.4) is 0 Å². The molecule has 1 N–H and O–H groups in total. The van der Waals surface area contributed by atoms with E-state index in [0.717, 1.165) is 0 Å². The van der Waals surface area contributed by atoms with Gasteiger partial charge in [0.25, 0.3) is 0 Å². The van der Waals surface area contributed by atoms with Crippen LogP contribution in [0.15, 0.2) is 12.1 Å². The van der Waals surface area contributed by atoms with E-state index in [2.05, 4.69) is 0 Å². The van der Waals surface area contributed by atoms with Crippen molar-refractivity contribution in [3.8, 4) is 11.5 Å². The molecule has 1 aromatic rings. The molecule has 1 unspecified atom stereocenters. The van der Waals surface area contributed by atoms with Crippen molar-refractivity contribution in [3.63, 3.8) is 0 Å². The molecule has 0 amide bonds. The summed E-state index contributed by atoms with van der Waals surface area (Å²) in [5.74, 6) is -1.16. The second-order valence-corrected chi connectivity index (χ2v) is 6.52. The molecular formula is C18H21NO4. The fourth-order valence-electron chi connectivity index (χ4n) is 4.58. The molecule has 2 aliphatic carbocycles. The molecule has 1 saturated carbocycles. The first-order valence-electron chi connectivity index (χ1n) is 11.5. The van der Waals surface area contributed by atoms with Gasteiger partial charge in [0.2, 0.25) is 1.43 Å². The van der Waals surface area contributed by atoms with Crippen molar-refractivity contribution in [1.29, 1.82) is 1.43 Å². The highest BCUT2D eigenvalue weighted by Crippen LogP contribution is 2.64. The maximum absolute atomic E-state index is 13.2. The van der Waals surface area contributed by atoms with Crippen molar-refractivity contribution in [2.45, 2.75) is 48.7 Å². The van der Waals surface area contributed by atoms with Crippen LogP contribution in [0.2, 0.25) is 0 Å². The average molecular weight is 323 g/mol. The Morgan fingerprint density at radius 1 is 1.61 bits per heavy atom. The number of aliphatic hydroxyl groups is 1. The van der Waals surface area contributed by atoms with E-state index in [9.17, 15) is 6.17 Å². The zero-order valence-electron chi connectivity index (χ0n) is 20.8. The number of benzene rings is 1. The average Bonchev–Trinajstić information content (AvgIpc) is 3.03. The number of carbonyl (C=O) groups excluding carboxylic acids is 1. The number of ketones is 1. The van der Waals surface area contributed by atoms with Gasteiger partial charge in [0.1, 0.15) is 0 Å². The molecule has 23 heavy (non-hydrogen) atoms. The molecule has 2 bridgehead atoms. The topological polar surface area (TPSA) is 59.0 Å². The van der Waals surface area contributed by atoms with Crippen LogP contribution >= 0.6 is 0 Å². The molecule has 2 heterocycles. The first kappa shape index (κ1) is 7.99. The lowest BCUT2D eigenvalue weighted by molar-refractivity contribution is -0.185. The Balaban J connectivity index is 2.04.